The van der Waals surface area contributed by atoms with Gasteiger partial charge in [0.25, 0.3) is 0 Å². The summed E-state index contributed by atoms with van der Waals surface area (Å²) in [5.41, 5.74) is 0.898. The average molecular weight is 429 g/mol. The van der Waals surface area contributed by atoms with Gasteiger partial charge in [-0.2, -0.15) is 0 Å². The number of hydrogen-bond donors (Lipinski definition) is 1. The highest BCUT2D eigenvalue weighted by atomic mass is 32.2. The minimum atomic E-state index is -0.0909. The van der Waals surface area contributed by atoms with Gasteiger partial charge in [-0.25, -0.2) is 0 Å². The molecule has 0 unspecified atom stereocenters. The molecule has 4 rings (SSSR count). The number of nitrogens with one attached hydrogen (secondary N) is 1. The fourth-order valence-electron chi connectivity index (χ4n) is 3.12. The van der Waals surface area contributed by atoms with Gasteiger partial charge in [-0.15, -0.1) is 10.2 Å². The summed E-state index contributed by atoms with van der Waals surface area (Å²) in [6, 6.07) is 9.55. The Bertz CT molecular complexity index is 1000. The molecule has 8 nitrogen and oxygen atoms in total. The summed E-state index contributed by atoms with van der Waals surface area (Å²) in [7, 11) is 0. The zero-order valence-corrected chi connectivity index (χ0v) is 17.8. The highest BCUT2D eigenvalue weighted by molar-refractivity contribution is 7.99. The number of nitrogens with zero attached hydrogens (tertiary/aromatic N) is 3. The van der Waals surface area contributed by atoms with Crippen LogP contribution in [0.3, 0.4) is 0 Å². The van der Waals surface area contributed by atoms with E-state index in [1.807, 2.05) is 28.8 Å². The van der Waals surface area contributed by atoms with E-state index in [0.717, 1.165) is 35.1 Å². The van der Waals surface area contributed by atoms with Gasteiger partial charge in [0.15, 0.2) is 22.5 Å². The maximum atomic E-state index is 12.2. The lowest BCUT2D eigenvalue weighted by Gasteiger charge is -2.15. The first kappa shape index (κ1) is 20.3. The second-order valence-corrected chi connectivity index (χ2v) is 8.07. The first-order valence-corrected chi connectivity index (χ1v) is 10.9. The molecular weight excluding hydrogens is 404 g/mol. The van der Waals surface area contributed by atoms with Crippen molar-refractivity contribution in [3.63, 3.8) is 0 Å². The molecule has 0 aliphatic carbocycles. The fourth-order valence-corrected chi connectivity index (χ4v) is 4.02. The van der Waals surface area contributed by atoms with E-state index in [2.05, 4.69) is 29.4 Å². The van der Waals surface area contributed by atoms with E-state index < -0.39 is 0 Å². The Labute approximate surface area is 179 Å². The Morgan fingerprint density at radius 2 is 2.03 bits per heavy atom. The summed E-state index contributed by atoms with van der Waals surface area (Å²) in [4.78, 5) is 12.2. The van der Waals surface area contributed by atoms with Crippen molar-refractivity contribution in [2.24, 2.45) is 0 Å². The van der Waals surface area contributed by atoms with Crippen LogP contribution in [0.1, 0.15) is 32.1 Å². The maximum absolute atomic E-state index is 12.2. The Balaban J connectivity index is 1.48. The molecule has 1 aliphatic heterocycles. The standard InChI is InChI=1S/C21H24N4O4S/c1-14(2)25-20(15-6-7-17-18(11-15)29-10-4-9-28-17)23-24-21(25)30-13-19(26)22-12-16-5-3-8-27-16/h3,5-8,11,14H,4,9-10,12-13H2,1-2H3,(H,22,26). The molecule has 0 bridgehead atoms. The van der Waals surface area contributed by atoms with E-state index in [-0.39, 0.29) is 17.7 Å². The second kappa shape index (κ2) is 9.25. The van der Waals surface area contributed by atoms with Gasteiger partial charge in [-0.05, 0) is 44.2 Å². The van der Waals surface area contributed by atoms with Crippen LogP contribution in [0.4, 0.5) is 0 Å². The van der Waals surface area contributed by atoms with Crippen LogP contribution in [-0.2, 0) is 11.3 Å². The highest BCUT2D eigenvalue weighted by Crippen LogP contribution is 2.35. The average Bonchev–Trinajstić information content (AvgIpc) is 3.35. The summed E-state index contributed by atoms with van der Waals surface area (Å²) in [5.74, 6) is 3.07. The third-order valence-corrected chi connectivity index (χ3v) is 5.50. The van der Waals surface area contributed by atoms with E-state index in [4.69, 9.17) is 13.9 Å². The molecule has 0 saturated heterocycles. The molecule has 0 saturated carbocycles. The van der Waals surface area contributed by atoms with Gasteiger partial charge >= 0.3 is 0 Å². The van der Waals surface area contributed by atoms with Gasteiger partial charge in [-0.1, -0.05) is 11.8 Å². The molecule has 1 N–H and O–H groups in total. The van der Waals surface area contributed by atoms with Crippen molar-refractivity contribution in [3.05, 3.63) is 42.4 Å². The van der Waals surface area contributed by atoms with Crippen molar-refractivity contribution in [2.75, 3.05) is 19.0 Å². The third-order valence-electron chi connectivity index (χ3n) is 4.56. The van der Waals surface area contributed by atoms with E-state index in [0.29, 0.717) is 24.9 Å². The zero-order chi connectivity index (χ0) is 20.9. The Morgan fingerprint density at radius 1 is 1.20 bits per heavy atom. The molecule has 3 heterocycles. The number of hydrogen-bond acceptors (Lipinski definition) is 7. The minimum Gasteiger partial charge on any atom is -0.490 e. The van der Waals surface area contributed by atoms with Crippen LogP contribution in [0, 0.1) is 0 Å². The summed E-state index contributed by atoms with van der Waals surface area (Å²) in [5, 5.41) is 12.3. The largest absolute Gasteiger partial charge is 0.490 e. The van der Waals surface area contributed by atoms with Crippen LogP contribution >= 0.6 is 11.8 Å². The van der Waals surface area contributed by atoms with Crippen LogP contribution in [0.25, 0.3) is 11.4 Å². The normalized spacial score (nSPS) is 13.3. The number of ether oxygens (including phenoxy) is 2. The zero-order valence-electron chi connectivity index (χ0n) is 17.0. The molecule has 0 atom stereocenters. The highest BCUT2D eigenvalue weighted by Gasteiger charge is 2.20. The van der Waals surface area contributed by atoms with Gasteiger partial charge in [0.1, 0.15) is 5.76 Å². The summed E-state index contributed by atoms with van der Waals surface area (Å²) in [6.45, 7) is 5.78. The number of fused-ring (bicyclic) bond motifs is 1. The maximum Gasteiger partial charge on any atom is 0.230 e. The number of aromatic nitrogens is 3. The quantitative estimate of drug-likeness (QED) is 0.574. The van der Waals surface area contributed by atoms with Crippen molar-refractivity contribution in [1.82, 2.24) is 20.1 Å². The van der Waals surface area contributed by atoms with Crippen LogP contribution < -0.4 is 14.8 Å². The van der Waals surface area contributed by atoms with Gasteiger partial charge in [0.05, 0.1) is 31.8 Å². The Hall–Kier alpha value is -2.94. The summed E-state index contributed by atoms with van der Waals surface area (Å²) < 4.78 is 18.8. The smallest absolute Gasteiger partial charge is 0.230 e. The SMILES string of the molecule is CC(C)n1c(SCC(=O)NCc2ccco2)nnc1-c1ccc2c(c1)OCCCO2. The molecule has 1 aromatic carbocycles. The van der Waals surface area contributed by atoms with Gasteiger partial charge < -0.3 is 19.2 Å². The van der Waals surface area contributed by atoms with Crippen molar-refractivity contribution >= 4 is 17.7 Å². The molecule has 0 radical (unpaired) electrons. The molecule has 0 fully saturated rings. The van der Waals surface area contributed by atoms with E-state index >= 15 is 0 Å². The number of carbonyl (C=O) groups excluding carboxylic acids is 1. The lowest BCUT2D eigenvalue weighted by atomic mass is 10.2. The van der Waals surface area contributed by atoms with Crippen LogP contribution in [0.2, 0.25) is 0 Å². The topological polar surface area (TPSA) is 91.4 Å². The fraction of sp³-hybridized carbons (Fsp3) is 0.381. The van der Waals surface area contributed by atoms with E-state index in [9.17, 15) is 4.79 Å². The first-order chi connectivity index (χ1) is 14.6. The van der Waals surface area contributed by atoms with Gasteiger partial charge in [0.2, 0.25) is 5.91 Å². The molecule has 3 aromatic rings. The van der Waals surface area contributed by atoms with Crippen LogP contribution in [0.5, 0.6) is 11.5 Å². The van der Waals surface area contributed by atoms with Crippen LogP contribution in [0.15, 0.2) is 46.2 Å². The van der Waals surface area contributed by atoms with E-state index in [1.165, 1.54) is 11.8 Å². The Kier molecular flexibility index (Phi) is 6.27. The summed E-state index contributed by atoms with van der Waals surface area (Å²) in [6.07, 6.45) is 2.44. The molecular formula is C21H24N4O4S. The predicted molar refractivity (Wildman–Crippen MR) is 113 cm³/mol. The second-order valence-electron chi connectivity index (χ2n) is 7.13. The number of carbonyl (C=O) groups is 1. The van der Waals surface area contributed by atoms with Crippen molar-refractivity contribution < 1.29 is 18.7 Å². The Morgan fingerprint density at radius 3 is 2.80 bits per heavy atom. The number of thioether (sulfide) groups is 1. The molecule has 30 heavy (non-hydrogen) atoms. The van der Waals surface area contributed by atoms with Crippen LogP contribution in [-0.4, -0.2) is 39.6 Å². The lowest BCUT2D eigenvalue weighted by Crippen LogP contribution is -2.24. The molecule has 2 aromatic heterocycles. The number of benzene rings is 1. The van der Waals surface area contributed by atoms with Gasteiger partial charge in [0, 0.05) is 18.0 Å². The van der Waals surface area contributed by atoms with Crippen molar-refractivity contribution in [3.8, 4) is 22.9 Å². The lowest BCUT2D eigenvalue weighted by molar-refractivity contribution is -0.118. The third kappa shape index (κ3) is 4.62. The first-order valence-electron chi connectivity index (χ1n) is 9.88. The molecule has 0 spiro atoms. The summed E-state index contributed by atoms with van der Waals surface area (Å²) >= 11 is 1.36. The molecule has 158 valence electrons. The minimum absolute atomic E-state index is 0.0909. The molecule has 1 amide bonds. The number of amides is 1. The number of rotatable bonds is 7. The van der Waals surface area contributed by atoms with E-state index in [1.54, 1.807) is 12.3 Å². The molecule has 9 heteroatoms. The number of furan rings is 1. The van der Waals surface area contributed by atoms with Gasteiger partial charge in [-0.3, -0.25) is 9.36 Å². The molecule has 1 aliphatic rings. The van der Waals surface area contributed by atoms with Crippen molar-refractivity contribution in [2.45, 2.75) is 38.0 Å². The van der Waals surface area contributed by atoms with Crippen molar-refractivity contribution in [1.29, 1.82) is 0 Å². The monoisotopic (exact) mass is 428 g/mol. The predicted octanol–water partition coefficient (Wildman–Crippen LogP) is 3.69.